The lowest BCUT2D eigenvalue weighted by Gasteiger charge is -2.42. The number of halogens is 1. The molecule has 0 aliphatic carbocycles. The number of hydrogen-bond donors (Lipinski definition) is 2. The maximum absolute atomic E-state index is 9.34. The van der Waals surface area contributed by atoms with Gasteiger partial charge in [-0.25, -0.2) is 0 Å². The number of hydrogen-bond acceptors (Lipinski definition) is 5. The van der Waals surface area contributed by atoms with Crippen LogP contribution in [-0.4, -0.2) is 25.7 Å². The minimum Gasteiger partial charge on any atom is -0.542 e. The molecule has 0 saturated carbocycles. The van der Waals surface area contributed by atoms with Crippen molar-refractivity contribution in [1.82, 2.24) is 0 Å². The van der Waals surface area contributed by atoms with Crippen LogP contribution in [0.3, 0.4) is 0 Å². The second-order valence-electron chi connectivity index (χ2n) is 6.73. The number of benzene rings is 1. The van der Waals surface area contributed by atoms with Crippen LogP contribution in [-0.2, 0) is 0 Å². The maximum atomic E-state index is 9.34. The largest absolute Gasteiger partial charge is 0.707 e. The molecule has 0 bridgehead atoms. The van der Waals surface area contributed by atoms with Gasteiger partial charge in [0.1, 0.15) is 28.2 Å². The molecular weight excluding hydrogens is 345 g/mol. The summed E-state index contributed by atoms with van der Waals surface area (Å²) in [4.78, 5) is 0. The third-order valence-corrected chi connectivity index (χ3v) is 10.8. The number of rotatable bonds is 7. The Hall–Kier alpha value is -1.20. The van der Waals surface area contributed by atoms with Crippen molar-refractivity contribution in [1.29, 1.82) is 5.26 Å². The van der Waals surface area contributed by atoms with Crippen molar-refractivity contribution in [2.45, 2.75) is 58.2 Å². The van der Waals surface area contributed by atoms with Crippen LogP contribution in [0.15, 0.2) is 12.1 Å². The molecule has 1 aromatic rings. The predicted octanol–water partition coefficient (Wildman–Crippen LogP) is 4.11. The van der Waals surface area contributed by atoms with E-state index in [4.69, 9.17) is 30.7 Å². The van der Waals surface area contributed by atoms with Crippen molar-refractivity contribution in [3.8, 4) is 17.6 Å². The molecule has 0 aliphatic heterocycles. The molecule has 24 heavy (non-hydrogen) atoms. The van der Waals surface area contributed by atoms with E-state index >= 15 is 0 Å². The Kier molecular flexibility index (Phi) is 7.17. The van der Waals surface area contributed by atoms with Crippen LogP contribution in [0.1, 0.15) is 47.1 Å². The van der Waals surface area contributed by atoms with Crippen LogP contribution in [0.2, 0.25) is 21.6 Å². The highest BCUT2D eigenvalue weighted by Gasteiger charge is 2.47. The van der Waals surface area contributed by atoms with Crippen molar-refractivity contribution in [3.05, 3.63) is 22.7 Å². The van der Waals surface area contributed by atoms with Gasteiger partial charge in [0.25, 0.3) is 8.32 Å². The molecule has 2 N–H and O–H groups in total. The van der Waals surface area contributed by atoms with Crippen LogP contribution in [0, 0.1) is 11.3 Å². The molecule has 0 unspecified atom stereocenters. The van der Waals surface area contributed by atoms with Gasteiger partial charge < -0.3 is 19.1 Å². The van der Waals surface area contributed by atoms with E-state index < -0.39 is 15.6 Å². The Morgan fingerprint density at radius 3 is 1.88 bits per heavy atom. The summed E-state index contributed by atoms with van der Waals surface area (Å²) in [5.74, 6) is 0.450. The fraction of sp³-hybridized carbons (Fsp3) is 0.562. The minimum absolute atomic E-state index is 0.00996. The fourth-order valence-electron chi connectivity index (χ4n) is 3.48. The van der Waals surface area contributed by atoms with E-state index in [0.717, 1.165) is 0 Å². The van der Waals surface area contributed by atoms with Crippen molar-refractivity contribution in [2.75, 3.05) is 0 Å². The zero-order valence-corrected chi connectivity index (χ0v) is 16.8. The summed E-state index contributed by atoms with van der Waals surface area (Å²) in [5, 5.41) is 27.4. The maximum Gasteiger partial charge on any atom is 0.707 e. The van der Waals surface area contributed by atoms with Gasteiger partial charge in [-0.2, -0.15) is 5.26 Å². The van der Waals surface area contributed by atoms with Crippen molar-refractivity contribution in [3.63, 3.8) is 0 Å². The van der Waals surface area contributed by atoms with Gasteiger partial charge in [0.05, 0.1) is 0 Å². The molecule has 5 nitrogen and oxygen atoms in total. The normalized spacial score (nSPS) is 11.8. The van der Waals surface area contributed by atoms with Gasteiger partial charge >= 0.3 is 7.32 Å². The summed E-state index contributed by atoms with van der Waals surface area (Å²) in [6, 6.07) is 5.03. The van der Waals surface area contributed by atoms with E-state index in [2.05, 4.69) is 41.5 Å². The fourth-order valence-corrected chi connectivity index (χ4v) is 9.04. The first-order chi connectivity index (χ1) is 11.1. The molecule has 1 aromatic carbocycles. The molecule has 0 amide bonds. The molecule has 1 rings (SSSR count). The first kappa shape index (κ1) is 20.8. The molecule has 8 heteroatoms. The van der Waals surface area contributed by atoms with Gasteiger partial charge in [-0.05, 0) is 28.8 Å². The summed E-state index contributed by atoms with van der Waals surface area (Å²) in [6.07, 6.45) is 0. The van der Waals surface area contributed by atoms with Gasteiger partial charge in [-0.1, -0.05) is 53.1 Å². The second-order valence-corrected chi connectivity index (χ2v) is 12.5. The first-order valence-electron chi connectivity index (χ1n) is 8.02. The zero-order valence-electron chi connectivity index (χ0n) is 15.0. The Balaban J connectivity index is 3.39. The van der Waals surface area contributed by atoms with Crippen molar-refractivity contribution in [2.24, 2.45) is 0 Å². The average molecular weight is 370 g/mol. The molecule has 0 atom stereocenters. The van der Waals surface area contributed by atoms with E-state index in [9.17, 15) is 5.26 Å². The Morgan fingerprint density at radius 1 is 1.04 bits per heavy atom. The zero-order chi connectivity index (χ0) is 18.7. The van der Waals surface area contributed by atoms with E-state index in [1.54, 1.807) is 6.07 Å². The van der Waals surface area contributed by atoms with Crippen LogP contribution >= 0.6 is 11.6 Å². The summed E-state index contributed by atoms with van der Waals surface area (Å²) in [5.41, 5.74) is 1.10. The SMILES string of the molecule is CC(C)[Si](Oc1ccc(OB(O)O)c(C#N)c1Cl)(C(C)C)C(C)C. The number of nitriles is 1. The molecule has 0 radical (unpaired) electrons. The van der Waals surface area contributed by atoms with Crippen LogP contribution in [0.5, 0.6) is 11.5 Å². The van der Waals surface area contributed by atoms with Gasteiger partial charge in [-0.15, -0.1) is 0 Å². The average Bonchev–Trinajstić information content (AvgIpc) is 2.45. The molecule has 0 aromatic heterocycles. The van der Waals surface area contributed by atoms with Crippen LogP contribution < -0.4 is 9.08 Å². The minimum atomic E-state index is -2.22. The van der Waals surface area contributed by atoms with Gasteiger partial charge in [0.15, 0.2) is 0 Å². The first-order valence-corrected chi connectivity index (χ1v) is 10.5. The van der Waals surface area contributed by atoms with Crippen LogP contribution in [0.4, 0.5) is 0 Å². The molecule has 0 spiro atoms. The van der Waals surface area contributed by atoms with E-state index in [-0.39, 0.29) is 16.3 Å². The highest BCUT2D eigenvalue weighted by atomic mass is 35.5. The smallest absolute Gasteiger partial charge is 0.542 e. The highest BCUT2D eigenvalue weighted by Crippen LogP contribution is 2.45. The third kappa shape index (κ3) is 4.06. The van der Waals surface area contributed by atoms with Crippen molar-refractivity contribution >= 4 is 27.2 Å². The Morgan fingerprint density at radius 2 is 1.50 bits per heavy atom. The van der Waals surface area contributed by atoms with E-state index in [1.807, 2.05) is 6.07 Å². The molecule has 0 saturated heterocycles. The Bertz CT molecular complexity index is 595. The van der Waals surface area contributed by atoms with Gasteiger partial charge in [0.2, 0.25) is 0 Å². The molecule has 132 valence electrons. The molecular formula is C16H25BClNO4Si. The van der Waals surface area contributed by atoms with Crippen molar-refractivity contribution < 1.29 is 19.1 Å². The van der Waals surface area contributed by atoms with E-state index in [0.29, 0.717) is 22.4 Å². The second kappa shape index (κ2) is 8.26. The summed E-state index contributed by atoms with van der Waals surface area (Å²) in [7, 11) is -4.24. The summed E-state index contributed by atoms with van der Waals surface area (Å²) >= 11 is 6.35. The lowest BCUT2D eigenvalue weighted by atomic mass is 10.1. The van der Waals surface area contributed by atoms with Gasteiger partial charge in [-0.3, -0.25) is 0 Å². The third-order valence-electron chi connectivity index (χ3n) is 4.41. The molecule has 0 aliphatic rings. The van der Waals surface area contributed by atoms with Crippen LogP contribution in [0.25, 0.3) is 0 Å². The Labute approximate surface area is 150 Å². The number of nitrogens with zero attached hydrogens (tertiary/aromatic N) is 1. The topological polar surface area (TPSA) is 82.7 Å². The predicted molar refractivity (Wildman–Crippen MR) is 98.7 cm³/mol. The lowest BCUT2D eigenvalue weighted by molar-refractivity contribution is 0.287. The summed E-state index contributed by atoms with van der Waals surface area (Å²) in [6.45, 7) is 12.9. The standard InChI is InChI=1S/C16H25BClNO4Si/c1-10(2)24(11(3)4,12(5)6)23-15-8-7-14(22-17(20)21)13(9-19)16(15)18/h7-8,10-12,20-21H,1-6H3. The quantitative estimate of drug-likeness (QED) is 0.707. The van der Waals surface area contributed by atoms with E-state index in [1.165, 1.54) is 6.07 Å². The highest BCUT2D eigenvalue weighted by molar-refractivity contribution is 6.78. The molecule has 0 fully saturated rings. The lowest BCUT2D eigenvalue weighted by Crippen LogP contribution is -2.50. The summed E-state index contributed by atoms with van der Waals surface area (Å²) < 4.78 is 11.3. The molecule has 0 heterocycles. The van der Waals surface area contributed by atoms with Gasteiger partial charge in [0, 0.05) is 0 Å². The monoisotopic (exact) mass is 369 g/mol.